The second-order valence-corrected chi connectivity index (χ2v) is 6.68. The van der Waals surface area contributed by atoms with Gasteiger partial charge in [-0.05, 0) is 44.4 Å². The van der Waals surface area contributed by atoms with E-state index in [0.29, 0.717) is 19.1 Å². The Morgan fingerprint density at radius 3 is 2.75 bits per heavy atom. The molecule has 2 heterocycles. The van der Waals surface area contributed by atoms with Gasteiger partial charge >= 0.3 is 0 Å². The first-order chi connectivity index (χ1) is 11.6. The number of nitrogens with two attached hydrogens (primary N) is 1. The van der Waals surface area contributed by atoms with E-state index in [1.54, 1.807) is 6.33 Å². The van der Waals surface area contributed by atoms with E-state index in [2.05, 4.69) is 28.6 Å². The van der Waals surface area contributed by atoms with Crippen molar-refractivity contribution in [1.29, 1.82) is 0 Å². The Morgan fingerprint density at radius 1 is 1.33 bits per heavy atom. The first-order valence-electron chi connectivity index (χ1n) is 8.58. The number of hydrogen-bond acceptors (Lipinski definition) is 4. The molecule has 0 saturated carbocycles. The predicted molar refractivity (Wildman–Crippen MR) is 92.6 cm³/mol. The molecule has 2 aromatic rings. The van der Waals surface area contributed by atoms with Gasteiger partial charge < -0.3 is 15.2 Å². The molecule has 0 unspecified atom stereocenters. The van der Waals surface area contributed by atoms with E-state index >= 15 is 0 Å². The summed E-state index contributed by atoms with van der Waals surface area (Å²) >= 11 is 0. The molecule has 128 valence electrons. The maximum Gasteiger partial charge on any atom is 0.253 e. The summed E-state index contributed by atoms with van der Waals surface area (Å²) in [5.41, 5.74) is 7.37. The Kier molecular flexibility index (Phi) is 4.94. The van der Waals surface area contributed by atoms with E-state index in [0.717, 1.165) is 36.3 Å². The molecule has 2 N–H and O–H groups in total. The van der Waals surface area contributed by atoms with Crippen LogP contribution in [0.2, 0.25) is 0 Å². The first-order valence-corrected chi connectivity index (χ1v) is 8.58. The molecule has 1 atom stereocenters. The molecule has 1 fully saturated rings. The summed E-state index contributed by atoms with van der Waals surface area (Å²) in [6.07, 6.45) is 3.82. The van der Waals surface area contributed by atoms with Crippen LogP contribution in [-0.4, -0.2) is 38.7 Å². The fraction of sp³-hybridized carbons (Fsp3) is 0.500. The van der Waals surface area contributed by atoms with Crippen molar-refractivity contribution in [3.8, 4) is 0 Å². The normalized spacial score (nSPS) is 18.2. The molecule has 24 heavy (non-hydrogen) atoms. The summed E-state index contributed by atoms with van der Waals surface area (Å²) in [6, 6.07) is 7.90. The lowest BCUT2D eigenvalue weighted by Gasteiger charge is -2.32. The van der Waals surface area contributed by atoms with Gasteiger partial charge in [-0.15, -0.1) is 10.2 Å². The standard InChI is InChI=1S/C18H25N5O/c1-13(2)23-12-20-21-17(23)16-4-3-9-22(11-16)18(24)15-7-5-14(10-19)6-8-15/h5-8,12-13,16H,3-4,9-11,19H2,1-2H3/t16-/m0/s1. The van der Waals surface area contributed by atoms with E-state index in [1.807, 2.05) is 29.2 Å². The van der Waals surface area contributed by atoms with Gasteiger partial charge in [0.05, 0.1) is 0 Å². The van der Waals surface area contributed by atoms with Crippen LogP contribution in [0.25, 0.3) is 0 Å². The molecule has 1 aliphatic rings. The minimum Gasteiger partial charge on any atom is -0.338 e. The number of amides is 1. The van der Waals surface area contributed by atoms with Gasteiger partial charge in [-0.1, -0.05) is 12.1 Å². The molecule has 1 aromatic heterocycles. The van der Waals surface area contributed by atoms with Gasteiger partial charge in [0.2, 0.25) is 0 Å². The third-order valence-corrected chi connectivity index (χ3v) is 4.67. The molecule has 0 aliphatic carbocycles. The lowest BCUT2D eigenvalue weighted by molar-refractivity contribution is 0.0703. The van der Waals surface area contributed by atoms with Crippen molar-refractivity contribution >= 4 is 5.91 Å². The monoisotopic (exact) mass is 327 g/mol. The predicted octanol–water partition coefficient (Wildman–Crippen LogP) is 2.34. The van der Waals surface area contributed by atoms with Gasteiger partial charge in [-0.3, -0.25) is 4.79 Å². The number of rotatable bonds is 4. The van der Waals surface area contributed by atoms with Crippen molar-refractivity contribution in [1.82, 2.24) is 19.7 Å². The fourth-order valence-corrected chi connectivity index (χ4v) is 3.28. The average Bonchev–Trinajstić information content (AvgIpc) is 3.11. The third-order valence-electron chi connectivity index (χ3n) is 4.67. The molecule has 6 heteroatoms. The Bertz CT molecular complexity index is 692. The third kappa shape index (κ3) is 3.33. The summed E-state index contributed by atoms with van der Waals surface area (Å²) in [5.74, 6) is 1.32. The minimum absolute atomic E-state index is 0.0823. The van der Waals surface area contributed by atoms with Gasteiger partial charge in [0.15, 0.2) is 0 Å². The molecule has 3 rings (SSSR count). The molecular formula is C18H25N5O. The Hall–Kier alpha value is -2.21. The van der Waals surface area contributed by atoms with Gasteiger partial charge in [-0.25, -0.2) is 0 Å². The quantitative estimate of drug-likeness (QED) is 0.935. The van der Waals surface area contributed by atoms with Crippen molar-refractivity contribution in [2.24, 2.45) is 5.73 Å². The van der Waals surface area contributed by atoms with E-state index in [-0.39, 0.29) is 11.8 Å². The fourth-order valence-electron chi connectivity index (χ4n) is 3.28. The highest BCUT2D eigenvalue weighted by atomic mass is 16.2. The van der Waals surface area contributed by atoms with E-state index in [9.17, 15) is 4.79 Å². The zero-order valence-electron chi connectivity index (χ0n) is 14.4. The SMILES string of the molecule is CC(C)n1cnnc1[C@H]1CCCN(C(=O)c2ccc(CN)cc2)C1. The molecule has 0 spiro atoms. The van der Waals surface area contributed by atoms with Crippen LogP contribution >= 0.6 is 0 Å². The summed E-state index contributed by atoms with van der Waals surface area (Å²) < 4.78 is 2.11. The average molecular weight is 327 g/mol. The van der Waals surface area contributed by atoms with E-state index < -0.39 is 0 Å². The van der Waals surface area contributed by atoms with Gasteiger partial charge in [-0.2, -0.15) is 0 Å². The van der Waals surface area contributed by atoms with Crippen LogP contribution in [0.3, 0.4) is 0 Å². The molecule has 0 radical (unpaired) electrons. The van der Waals surface area contributed by atoms with Crippen LogP contribution in [0.1, 0.15) is 60.4 Å². The van der Waals surface area contributed by atoms with Crippen LogP contribution in [0.15, 0.2) is 30.6 Å². The zero-order chi connectivity index (χ0) is 17.1. The lowest BCUT2D eigenvalue weighted by Crippen LogP contribution is -2.39. The number of carbonyl (C=O) groups excluding carboxylic acids is 1. The smallest absolute Gasteiger partial charge is 0.253 e. The summed E-state index contributed by atoms with van der Waals surface area (Å²) in [7, 11) is 0. The summed E-state index contributed by atoms with van der Waals surface area (Å²) in [4.78, 5) is 14.7. The zero-order valence-corrected chi connectivity index (χ0v) is 14.4. The number of piperidine rings is 1. The number of carbonyl (C=O) groups is 1. The first kappa shape index (κ1) is 16.6. The van der Waals surface area contributed by atoms with Crippen molar-refractivity contribution in [3.63, 3.8) is 0 Å². The van der Waals surface area contributed by atoms with Crippen molar-refractivity contribution < 1.29 is 4.79 Å². The number of aromatic nitrogens is 3. The largest absolute Gasteiger partial charge is 0.338 e. The van der Waals surface area contributed by atoms with Crippen LogP contribution in [0, 0.1) is 0 Å². The van der Waals surface area contributed by atoms with E-state index in [1.165, 1.54) is 0 Å². The molecule has 1 aromatic carbocycles. The van der Waals surface area contributed by atoms with Crippen LogP contribution < -0.4 is 5.73 Å². The molecule has 1 aliphatic heterocycles. The van der Waals surface area contributed by atoms with Crippen LogP contribution in [0.4, 0.5) is 0 Å². The highest BCUT2D eigenvalue weighted by Gasteiger charge is 2.28. The number of benzene rings is 1. The van der Waals surface area contributed by atoms with Gasteiger partial charge in [0.1, 0.15) is 12.2 Å². The second-order valence-electron chi connectivity index (χ2n) is 6.68. The lowest BCUT2D eigenvalue weighted by atomic mass is 9.96. The molecule has 1 saturated heterocycles. The van der Waals surface area contributed by atoms with Crippen molar-refractivity contribution in [2.75, 3.05) is 13.1 Å². The number of likely N-dealkylation sites (tertiary alicyclic amines) is 1. The Morgan fingerprint density at radius 2 is 2.08 bits per heavy atom. The van der Waals surface area contributed by atoms with Gasteiger partial charge in [0.25, 0.3) is 5.91 Å². The van der Waals surface area contributed by atoms with Crippen molar-refractivity contribution in [3.05, 3.63) is 47.5 Å². The number of hydrogen-bond donors (Lipinski definition) is 1. The highest BCUT2D eigenvalue weighted by Crippen LogP contribution is 2.27. The summed E-state index contributed by atoms with van der Waals surface area (Å²) in [5, 5.41) is 8.37. The van der Waals surface area contributed by atoms with E-state index in [4.69, 9.17) is 5.73 Å². The number of nitrogens with zero attached hydrogens (tertiary/aromatic N) is 4. The van der Waals surface area contributed by atoms with Gasteiger partial charge in [0, 0.05) is 37.2 Å². The minimum atomic E-state index is 0.0823. The highest BCUT2D eigenvalue weighted by molar-refractivity contribution is 5.94. The molecule has 6 nitrogen and oxygen atoms in total. The molecule has 0 bridgehead atoms. The molecular weight excluding hydrogens is 302 g/mol. The second kappa shape index (κ2) is 7.13. The topological polar surface area (TPSA) is 77.0 Å². The molecule has 1 amide bonds. The summed E-state index contributed by atoms with van der Waals surface area (Å²) in [6.45, 7) is 6.23. The van der Waals surface area contributed by atoms with Crippen molar-refractivity contribution in [2.45, 2.75) is 45.2 Å². The maximum absolute atomic E-state index is 12.8. The maximum atomic E-state index is 12.8. The van der Waals surface area contributed by atoms with Crippen LogP contribution in [0.5, 0.6) is 0 Å². The Labute approximate surface area is 142 Å². The van der Waals surface area contributed by atoms with Crippen LogP contribution in [-0.2, 0) is 6.54 Å². The Balaban J connectivity index is 1.75.